The zero-order valence-corrected chi connectivity index (χ0v) is 11.9. The smallest absolute Gasteiger partial charge is 0.246 e. The van der Waals surface area contributed by atoms with Crippen molar-refractivity contribution in [1.29, 1.82) is 0 Å². The molecule has 4 heteroatoms. The molecule has 3 rings (SSSR count). The van der Waals surface area contributed by atoms with E-state index in [9.17, 15) is 9.59 Å². The van der Waals surface area contributed by atoms with E-state index < -0.39 is 0 Å². The summed E-state index contributed by atoms with van der Waals surface area (Å²) in [4.78, 5) is 26.3. The molecule has 0 radical (unpaired) electrons. The zero-order chi connectivity index (χ0) is 14.3. The molecule has 1 N–H and O–H groups in total. The largest absolute Gasteiger partial charge is 0.343 e. The minimum atomic E-state index is -0.357. The molecule has 1 aromatic rings. The molecule has 0 spiro atoms. The van der Waals surface area contributed by atoms with Crippen LogP contribution in [-0.4, -0.2) is 34.8 Å². The minimum Gasteiger partial charge on any atom is -0.343 e. The Bertz CT molecular complexity index is 529. The van der Waals surface area contributed by atoms with E-state index in [4.69, 9.17) is 0 Å². The molecule has 1 aliphatic heterocycles. The fourth-order valence-electron chi connectivity index (χ4n) is 3.13. The topological polar surface area (TPSA) is 49.4 Å². The summed E-state index contributed by atoms with van der Waals surface area (Å²) in [6, 6.07) is 9.71. The van der Waals surface area contributed by atoms with E-state index in [1.54, 1.807) is 0 Å². The van der Waals surface area contributed by atoms with Gasteiger partial charge in [0.2, 0.25) is 11.8 Å². The molecule has 1 saturated carbocycles. The highest BCUT2D eigenvalue weighted by atomic mass is 16.2. The molecule has 4 atom stereocenters. The Balaban J connectivity index is 1.79. The predicted octanol–water partition coefficient (Wildman–Crippen LogP) is 1.67. The van der Waals surface area contributed by atoms with E-state index in [1.807, 2.05) is 36.9 Å². The molecule has 4 unspecified atom stereocenters. The number of rotatable bonds is 3. The summed E-state index contributed by atoms with van der Waals surface area (Å²) in [7, 11) is 0. The van der Waals surface area contributed by atoms with Gasteiger partial charge in [-0.3, -0.25) is 9.59 Å². The van der Waals surface area contributed by atoms with E-state index >= 15 is 0 Å². The van der Waals surface area contributed by atoms with Crippen molar-refractivity contribution in [3.63, 3.8) is 0 Å². The van der Waals surface area contributed by atoms with E-state index in [0.29, 0.717) is 12.3 Å². The molecule has 1 aliphatic carbocycles. The molecule has 1 aromatic carbocycles. The van der Waals surface area contributed by atoms with Gasteiger partial charge in [0.15, 0.2) is 0 Å². The Kier molecular flexibility index (Phi) is 3.24. The molecule has 20 heavy (non-hydrogen) atoms. The standard InChI is InChI=1S/C16H20N2O2/c1-3-13-16(20)18(10(2)15(19)17-13)14-9-12(14)11-7-5-4-6-8-11/h4-8,10,12-14H,3,9H2,1-2H3,(H,17,19). The monoisotopic (exact) mass is 272 g/mol. The average molecular weight is 272 g/mol. The van der Waals surface area contributed by atoms with Crippen molar-refractivity contribution in [2.45, 2.75) is 50.7 Å². The molecule has 2 aliphatic rings. The molecule has 2 amide bonds. The third-order valence-electron chi connectivity index (χ3n) is 4.42. The number of hydrogen-bond acceptors (Lipinski definition) is 2. The second kappa shape index (κ2) is 4.93. The SMILES string of the molecule is CCC1NC(=O)C(C)N(C2CC2c2ccccc2)C1=O. The van der Waals surface area contributed by atoms with Crippen molar-refractivity contribution < 1.29 is 9.59 Å². The normalized spacial score (nSPS) is 33.0. The third-order valence-corrected chi connectivity index (χ3v) is 4.42. The van der Waals surface area contributed by atoms with E-state index in [2.05, 4.69) is 17.4 Å². The van der Waals surface area contributed by atoms with Gasteiger partial charge in [-0.2, -0.15) is 0 Å². The Morgan fingerprint density at radius 3 is 2.60 bits per heavy atom. The number of carbonyl (C=O) groups excluding carboxylic acids is 2. The minimum absolute atomic E-state index is 0.0323. The van der Waals surface area contributed by atoms with E-state index in [-0.39, 0.29) is 29.9 Å². The fourth-order valence-corrected chi connectivity index (χ4v) is 3.13. The van der Waals surface area contributed by atoms with Crippen LogP contribution in [0.2, 0.25) is 0 Å². The van der Waals surface area contributed by atoms with Crippen LogP contribution in [-0.2, 0) is 9.59 Å². The Hall–Kier alpha value is -1.84. The number of hydrogen-bond donors (Lipinski definition) is 1. The predicted molar refractivity (Wildman–Crippen MR) is 76.1 cm³/mol. The number of carbonyl (C=O) groups is 2. The van der Waals surface area contributed by atoms with E-state index in [0.717, 1.165) is 6.42 Å². The molecular weight excluding hydrogens is 252 g/mol. The average Bonchev–Trinajstić information content (AvgIpc) is 3.24. The molecule has 0 aromatic heterocycles. The van der Waals surface area contributed by atoms with Gasteiger partial charge in [-0.15, -0.1) is 0 Å². The molecular formula is C16H20N2O2. The van der Waals surface area contributed by atoms with E-state index in [1.165, 1.54) is 5.56 Å². The summed E-state index contributed by atoms with van der Waals surface area (Å²) in [5, 5.41) is 2.80. The lowest BCUT2D eigenvalue weighted by molar-refractivity contribution is -0.149. The van der Waals surface area contributed by atoms with Crippen molar-refractivity contribution in [3.05, 3.63) is 35.9 Å². The third kappa shape index (κ3) is 2.09. The first kappa shape index (κ1) is 13.2. The number of nitrogens with one attached hydrogen (secondary N) is 1. The van der Waals surface area contributed by atoms with Crippen molar-refractivity contribution in [3.8, 4) is 0 Å². The van der Waals surface area contributed by atoms with Gasteiger partial charge in [-0.05, 0) is 25.3 Å². The van der Waals surface area contributed by atoms with Crippen LogP contribution in [0.3, 0.4) is 0 Å². The van der Waals surface area contributed by atoms with Gasteiger partial charge < -0.3 is 10.2 Å². The van der Waals surface area contributed by atoms with Crippen molar-refractivity contribution in [1.82, 2.24) is 10.2 Å². The lowest BCUT2D eigenvalue weighted by Crippen LogP contribution is -2.62. The number of amides is 2. The zero-order valence-electron chi connectivity index (χ0n) is 11.9. The molecule has 2 fully saturated rings. The molecule has 106 valence electrons. The van der Waals surface area contributed by atoms with Crippen molar-refractivity contribution in [2.24, 2.45) is 0 Å². The van der Waals surface area contributed by atoms with Gasteiger partial charge in [0, 0.05) is 12.0 Å². The van der Waals surface area contributed by atoms with Crippen LogP contribution >= 0.6 is 0 Å². The van der Waals surface area contributed by atoms with Crippen LogP contribution in [0.1, 0.15) is 38.2 Å². The van der Waals surface area contributed by atoms with Crippen LogP contribution in [0.25, 0.3) is 0 Å². The summed E-state index contributed by atoms with van der Waals surface area (Å²) in [6.45, 7) is 3.75. The van der Waals surface area contributed by atoms with Gasteiger partial charge in [0.25, 0.3) is 0 Å². The second-order valence-corrected chi connectivity index (χ2v) is 5.71. The van der Waals surface area contributed by atoms with Crippen molar-refractivity contribution in [2.75, 3.05) is 0 Å². The maximum atomic E-state index is 12.5. The van der Waals surface area contributed by atoms with Gasteiger partial charge in [0.1, 0.15) is 12.1 Å². The Labute approximate surface area is 119 Å². The maximum absolute atomic E-state index is 12.5. The highest BCUT2D eigenvalue weighted by Gasteiger charge is 2.50. The van der Waals surface area contributed by atoms with Crippen LogP contribution in [0.15, 0.2) is 30.3 Å². The number of benzene rings is 1. The molecule has 1 saturated heterocycles. The molecule has 4 nitrogen and oxygen atoms in total. The fraction of sp³-hybridized carbons (Fsp3) is 0.500. The Morgan fingerprint density at radius 1 is 1.25 bits per heavy atom. The lowest BCUT2D eigenvalue weighted by atomic mass is 10.0. The maximum Gasteiger partial charge on any atom is 0.246 e. The lowest BCUT2D eigenvalue weighted by Gasteiger charge is -2.37. The summed E-state index contributed by atoms with van der Waals surface area (Å²) in [6.07, 6.45) is 1.61. The number of piperazine rings is 1. The van der Waals surface area contributed by atoms with Crippen LogP contribution in [0.5, 0.6) is 0 Å². The van der Waals surface area contributed by atoms with Crippen molar-refractivity contribution >= 4 is 11.8 Å². The summed E-state index contributed by atoms with van der Waals surface area (Å²) in [5.74, 6) is 0.421. The summed E-state index contributed by atoms with van der Waals surface area (Å²) in [5.41, 5.74) is 1.26. The van der Waals surface area contributed by atoms with Crippen LogP contribution in [0.4, 0.5) is 0 Å². The van der Waals surface area contributed by atoms with Crippen LogP contribution < -0.4 is 5.32 Å². The van der Waals surface area contributed by atoms with Crippen LogP contribution in [0, 0.1) is 0 Å². The molecule has 0 bridgehead atoms. The van der Waals surface area contributed by atoms with Gasteiger partial charge >= 0.3 is 0 Å². The van der Waals surface area contributed by atoms with Gasteiger partial charge in [-0.25, -0.2) is 0 Å². The highest BCUT2D eigenvalue weighted by Crippen LogP contribution is 2.46. The summed E-state index contributed by atoms with van der Waals surface area (Å²) < 4.78 is 0. The highest BCUT2D eigenvalue weighted by molar-refractivity contribution is 5.97. The Morgan fingerprint density at radius 2 is 1.95 bits per heavy atom. The first-order valence-electron chi connectivity index (χ1n) is 7.31. The molecule has 1 heterocycles. The second-order valence-electron chi connectivity index (χ2n) is 5.71. The van der Waals surface area contributed by atoms with Gasteiger partial charge in [-0.1, -0.05) is 37.3 Å². The number of nitrogens with zero attached hydrogens (tertiary/aromatic N) is 1. The van der Waals surface area contributed by atoms with Gasteiger partial charge in [0.05, 0.1) is 0 Å². The first-order valence-corrected chi connectivity index (χ1v) is 7.31. The quantitative estimate of drug-likeness (QED) is 0.910. The first-order chi connectivity index (χ1) is 9.63. The summed E-state index contributed by atoms with van der Waals surface area (Å²) >= 11 is 0.